The van der Waals surface area contributed by atoms with Crippen LogP contribution >= 0.6 is 0 Å². The largest absolute Gasteiger partial charge is 0.497 e. The Morgan fingerprint density at radius 2 is 1.85 bits per heavy atom. The smallest absolute Gasteiger partial charge is 0.258 e. The molecule has 5 nitrogen and oxygen atoms in total. The number of methoxy groups -OCH3 is 1. The number of benzene rings is 2. The van der Waals surface area contributed by atoms with Crippen LogP contribution in [0, 0.1) is 0 Å². The lowest BCUT2D eigenvalue weighted by atomic mass is 10.1. The number of carbonyl (C=O) groups is 2. The summed E-state index contributed by atoms with van der Waals surface area (Å²) in [6, 6.07) is 12.7. The Bertz CT molecular complexity index is 799. The van der Waals surface area contributed by atoms with Gasteiger partial charge in [-0.25, -0.2) is 0 Å². The minimum Gasteiger partial charge on any atom is -0.497 e. The summed E-state index contributed by atoms with van der Waals surface area (Å²) in [5.41, 5.74) is 3.12. The molecule has 5 heteroatoms. The summed E-state index contributed by atoms with van der Waals surface area (Å²) in [5, 5.41) is 2.92. The van der Waals surface area contributed by atoms with Gasteiger partial charge in [-0.2, -0.15) is 0 Å². The molecule has 0 bridgehead atoms. The van der Waals surface area contributed by atoms with E-state index >= 15 is 0 Å². The number of rotatable bonds is 6. The van der Waals surface area contributed by atoms with Crippen LogP contribution in [0.25, 0.3) is 0 Å². The Labute approximate surface area is 154 Å². The van der Waals surface area contributed by atoms with Gasteiger partial charge in [0.1, 0.15) is 5.75 Å². The van der Waals surface area contributed by atoms with E-state index in [1.165, 1.54) is 0 Å². The van der Waals surface area contributed by atoms with E-state index < -0.39 is 0 Å². The van der Waals surface area contributed by atoms with Gasteiger partial charge in [0.25, 0.3) is 11.8 Å². The monoisotopic (exact) mass is 352 g/mol. The lowest BCUT2D eigenvalue weighted by molar-refractivity contribution is 0.0950. The molecule has 0 atom stereocenters. The summed E-state index contributed by atoms with van der Waals surface area (Å²) in [5.74, 6) is 0.564. The third-order valence-corrected chi connectivity index (χ3v) is 4.64. The van der Waals surface area contributed by atoms with Gasteiger partial charge in [-0.1, -0.05) is 19.4 Å². The first-order valence-corrected chi connectivity index (χ1v) is 9.01. The van der Waals surface area contributed by atoms with Crippen LogP contribution < -0.4 is 15.0 Å². The molecule has 1 N–H and O–H groups in total. The van der Waals surface area contributed by atoms with Gasteiger partial charge in [0, 0.05) is 29.9 Å². The van der Waals surface area contributed by atoms with Crippen molar-refractivity contribution in [3.05, 3.63) is 59.2 Å². The molecule has 0 saturated heterocycles. The number of anilines is 1. The predicted octanol–water partition coefficient (Wildman–Crippen LogP) is 3.43. The average molecular weight is 352 g/mol. The van der Waals surface area contributed by atoms with Gasteiger partial charge in [-0.05, 0) is 54.8 Å². The summed E-state index contributed by atoms with van der Waals surface area (Å²) in [4.78, 5) is 26.9. The summed E-state index contributed by atoms with van der Waals surface area (Å²) in [7, 11) is 1.60. The van der Waals surface area contributed by atoms with Crippen molar-refractivity contribution in [3.8, 4) is 5.75 Å². The highest BCUT2D eigenvalue weighted by atomic mass is 16.5. The molecule has 26 heavy (non-hydrogen) atoms. The molecule has 2 amide bonds. The average Bonchev–Trinajstić information content (AvgIpc) is 3.10. The predicted molar refractivity (Wildman–Crippen MR) is 102 cm³/mol. The molecule has 0 saturated carbocycles. The Balaban J connectivity index is 1.79. The molecule has 2 aromatic rings. The minimum absolute atomic E-state index is 0.0602. The summed E-state index contributed by atoms with van der Waals surface area (Å²) >= 11 is 0. The van der Waals surface area contributed by atoms with Gasteiger partial charge >= 0.3 is 0 Å². The van der Waals surface area contributed by atoms with E-state index in [1.54, 1.807) is 36.3 Å². The number of nitrogens with one attached hydrogen (secondary N) is 1. The normalized spacial score (nSPS) is 12.6. The quantitative estimate of drug-likeness (QED) is 0.811. The maximum atomic E-state index is 12.9. The highest BCUT2D eigenvalue weighted by Gasteiger charge is 2.26. The zero-order chi connectivity index (χ0) is 18.5. The number of carbonyl (C=O) groups excluding carboxylic acids is 2. The molecule has 1 heterocycles. The standard InChI is InChI=1S/C21H24N2O3/c1-3-4-12-22-20(24)17-6-5-15-11-13-23(19(15)14-17)21(25)16-7-9-18(26-2)10-8-16/h5-10,14H,3-4,11-13H2,1-2H3,(H,22,24). The second kappa shape index (κ2) is 8.04. The first-order valence-electron chi connectivity index (χ1n) is 9.01. The van der Waals surface area contributed by atoms with E-state index in [0.717, 1.165) is 36.3 Å². The number of fused-ring (bicyclic) bond motifs is 1. The number of hydrogen-bond acceptors (Lipinski definition) is 3. The number of hydrogen-bond donors (Lipinski definition) is 1. The van der Waals surface area contributed by atoms with E-state index in [1.807, 2.05) is 18.2 Å². The van der Waals surface area contributed by atoms with Gasteiger partial charge in [0.2, 0.25) is 0 Å². The van der Waals surface area contributed by atoms with Gasteiger partial charge in [-0.15, -0.1) is 0 Å². The third kappa shape index (κ3) is 3.72. The molecule has 1 aliphatic rings. The Morgan fingerprint density at radius 3 is 2.54 bits per heavy atom. The Kier molecular flexibility index (Phi) is 5.56. The van der Waals surface area contributed by atoms with E-state index in [0.29, 0.717) is 24.2 Å². The van der Waals surface area contributed by atoms with Gasteiger partial charge in [-0.3, -0.25) is 9.59 Å². The zero-order valence-electron chi connectivity index (χ0n) is 15.2. The van der Waals surface area contributed by atoms with E-state index in [2.05, 4.69) is 12.2 Å². The lowest BCUT2D eigenvalue weighted by Crippen LogP contribution is -2.29. The highest BCUT2D eigenvalue weighted by Crippen LogP contribution is 2.30. The molecule has 0 spiro atoms. The molecule has 136 valence electrons. The maximum absolute atomic E-state index is 12.9. The van der Waals surface area contributed by atoms with Crippen LogP contribution in [-0.4, -0.2) is 32.0 Å². The second-order valence-corrected chi connectivity index (χ2v) is 6.39. The number of ether oxygens (including phenoxy) is 1. The van der Waals surface area contributed by atoms with Crippen LogP contribution in [0.5, 0.6) is 5.75 Å². The fourth-order valence-corrected chi connectivity index (χ4v) is 3.10. The number of nitrogens with zero attached hydrogens (tertiary/aromatic N) is 1. The molecular formula is C21H24N2O3. The van der Waals surface area contributed by atoms with Crippen molar-refractivity contribution < 1.29 is 14.3 Å². The molecule has 0 unspecified atom stereocenters. The number of unbranched alkanes of at least 4 members (excludes halogenated alkanes) is 1. The van der Waals surface area contributed by atoms with Gasteiger partial charge in [0.05, 0.1) is 7.11 Å². The molecule has 3 rings (SSSR count). The van der Waals surface area contributed by atoms with Crippen molar-refractivity contribution in [1.82, 2.24) is 5.32 Å². The third-order valence-electron chi connectivity index (χ3n) is 4.64. The van der Waals surface area contributed by atoms with Crippen LogP contribution in [0.3, 0.4) is 0 Å². The van der Waals surface area contributed by atoms with Crippen LogP contribution in [0.4, 0.5) is 5.69 Å². The van der Waals surface area contributed by atoms with Crippen molar-refractivity contribution in [2.24, 2.45) is 0 Å². The van der Waals surface area contributed by atoms with E-state index in [9.17, 15) is 9.59 Å². The SMILES string of the molecule is CCCCNC(=O)c1ccc2c(c1)N(C(=O)c1ccc(OC)cc1)CC2. The molecule has 0 aromatic heterocycles. The Hall–Kier alpha value is -2.82. The molecule has 0 fully saturated rings. The van der Waals surface area contributed by atoms with Gasteiger partial charge in [0.15, 0.2) is 0 Å². The van der Waals surface area contributed by atoms with Gasteiger partial charge < -0.3 is 15.0 Å². The number of amides is 2. The topological polar surface area (TPSA) is 58.6 Å². The van der Waals surface area contributed by atoms with Crippen LogP contribution in [0.2, 0.25) is 0 Å². The van der Waals surface area contributed by atoms with Crippen molar-refractivity contribution >= 4 is 17.5 Å². The fraction of sp³-hybridized carbons (Fsp3) is 0.333. The first kappa shape index (κ1) is 18.0. The van der Waals surface area contributed by atoms with Crippen molar-refractivity contribution in [3.63, 3.8) is 0 Å². The van der Waals surface area contributed by atoms with E-state index in [4.69, 9.17) is 4.74 Å². The second-order valence-electron chi connectivity index (χ2n) is 6.39. The zero-order valence-corrected chi connectivity index (χ0v) is 15.2. The lowest BCUT2D eigenvalue weighted by Gasteiger charge is -2.18. The first-order chi connectivity index (χ1) is 12.6. The van der Waals surface area contributed by atoms with Crippen LogP contribution in [0.15, 0.2) is 42.5 Å². The maximum Gasteiger partial charge on any atom is 0.258 e. The molecular weight excluding hydrogens is 328 g/mol. The molecule has 1 aliphatic heterocycles. The molecule has 0 radical (unpaired) electrons. The van der Waals surface area contributed by atoms with Crippen LogP contribution in [0.1, 0.15) is 46.0 Å². The molecule has 0 aliphatic carbocycles. The van der Waals surface area contributed by atoms with E-state index in [-0.39, 0.29) is 11.8 Å². The van der Waals surface area contributed by atoms with Crippen LogP contribution in [-0.2, 0) is 6.42 Å². The molecule has 2 aromatic carbocycles. The summed E-state index contributed by atoms with van der Waals surface area (Å²) in [6.07, 6.45) is 2.79. The highest BCUT2D eigenvalue weighted by molar-refractivity contribution is 6.08. The van der Waals surface area contributed by atoms with Crippen molar-refractivity contribution in [2.45, 2.75) is 26.2 Å². The summed E-state index contributed by atoms with van der Waals surface area (Å²) in [6.45, 7) is 3.38. The summed E-state index contributed by atoms with van der Waals surface area (Å²) < 4.78 is 5.14. The van der Waals surface area contributed by atoms with Crippen molar-refractivity contribution in [1.29, 1.82) is 0 Å². The Morgan fingerprint density at radius 1 is 1.12 bits per heavy atom. The fourth-order valence-electron chi connectivity index (χ4n) is 3.10. The van der Waals surface area contributed by atoms with Crippen molar-refractivity contribution in [2.75, 3.05) is 25.1 Å². The minimum atomic E-state index is -0.0926.